The van der Waals surface area contributed by atoms with Gasteiger partial charge in [0.05, 0.1) is 12.7 Å². The van der Waals surface area contributed by atoms with E-state index in [4.69, 9.17) is 26.8 Å². The molecule has 0 bridgehead atoms. The molecule has 0 aromatic carbocycles. The second-order valence-corrected chi connectivity index (χ2v) is 5.32. The summed E-state index contributed by atoms with van der Waals surface area (Å²) in [5, 5.41) is 11.9. The molecule has 0 saturated carbocycles. The Morgan fingerprint density at radius 1 is 1.22 bits per heavy atom. The van der Waals surface area contributed by atoms with Crippen LogP contribution in [-0.2, 0) is 39.4 Å². The van der Waals surface area contributed by atoms with Crippen molar-refractivity contribution in [3.8, 4) is 0 Å². The summed E-state index contributed by atoms with van der Waals surface area (Å²) < 4.78 is 76.1. The average Bonchev–Trinajstić information content (AvgIpc) is 2.33. The van der Waals surface area contributed by atoms with Crippen LogP contribution in [0.2, 0.25) is 0 Å². The van der Waals surface area contributed by atoms with Crippen LogP contribution in [-0.4, -0.2) is 70.5 Å². The first-order valence-corrected chi connectivity index (χ1v) is 7.58. The van der Waals surface area contributed by atoms with E-state index in [1.54, 1.807) is 0 Å². The number of hydrogen-bond acceptors (Lipinski definition) is 11. The topological polar surface area (TPSA) is 168 Å². The normalized spacial score (nSPS) is 30.0. The smallest absolute Gasteiger partial charge is 0.848 e. The molecular weight excluding hydrogens is 382 g/mol. The first-order valence-electron chi connectivity index (χ1n) is 5.25. The standard InChI is InChI=1S/C8H15O8S.2Na.O3S/c1-8(14-3)7(16-17(10,11)12)6(9)5(13-2)4-15-8;;;1-4(2)3/h5-7H,4H2,1-3H3,(H,10,11,12);;;/q-1;2*+1;/p-1. The van der Waals surface area contributed by atoms with Crippen molar-refractivity contribution in [3.63, 3.8) is 0 Å². The van der Waals surface area contributed by atoms with E-state index in [9.17, 15) is 18.1 Å². The molecule has 0 N–H and O–H groups in total. The molecule has 1 aliphatic rings. The van der Waals surface area contributed by atoms with Gasteiger partial charge in [0, 0.05) is 14.2 Å². The van der Waals surface area contributed by atoms with Crippen molar-refractivity contribution < 1.29 is 108 Å². The summed E-state index contributed by atoms with van der Waals surface area (Å²) in [6.45, 7) is 1.24. The van der Waals surface area contributed by atoms with Gasteiger partial charge < -0.3 is 23.9 Å². The van der Waals surface area contributed by atoms with Crippen molar-refractivity contribution >= 4 is 21.0 Å². The zero-order valence-corrected chi connectivity index (χ0v) is 18.9. The number of hydrogen-bond donors (Lipinski definition) is 0. The van der Waals surface area contributed by atoms with Gasteiger partial charge in [-0.2, -0.15) is 0 Å². The van der Waals surface area contributed by atoms with Crippen LogP contribution in [0.4, 0.5) is 0 Å². The Labute approximate surface area is 179 Å². The minimum absolute atomic E-state index is 0. The van der Waals surface area contributed by atoms with Crippen LogP contribution < -0.4 is 64.2 Å². The summed E-state index contributed by atoms with van der Waals surface area (Å²) in [5.41, 5.74) is 0. The summed E-state index contributed by atoms with van der Waals surface area (Å²) in [7, 11) is -5.66. The van der Waals surface area contributed by atoms with Crippen molar-refractivity contribution in [3.05, 3.63) is 0 Å². The largest absolute Gasteiger partial charge is 1.00 e. The summed E-state index contributed by atoms with van der Waals surface area (Å²) in [6, 6.07) is 0. The van der Waals surface area contributed by atoms with Crippen LogP contribution in [0.1, 0.15) is 6.92 Å². The molecule has 1 rings (SSSR count). The van der Waals surface area contributed by atoms with Gasteiger partial charge in [0.15, 0.2) is 5.79 Å². The van der Waals surface area contributed by atoms with E-state index in [2.05, 4.69) is 4.18 Å². The molecule has 0 aliphatic carbocycles. The molecule has 0 spiro atoms. The van der Waals surface area contributed by atoms with E-state index in [0.29, 0.717) is 0 Å². The monoisotopic (exact) mass is 396 g/mol. The average molecular weight is 396 g/mol. The quantitative estimate of drug-likeness (QED) is 0.251. The van der Waals surface area contributed by atoms with Crippen LogP contribution >= 0.6 is 0 Å². The first kappa shape index (κ1) is 29.1. The molecule has 1 saturated heterocycles. The number of rotatable bonds is 4. The maximum absolute atomic E-state index is 11.9. The van der Waals surface area contributed by atoms with Gasteiger partial charge in [0.1, 0.15) is 6.10 Å². The predicted octanol–water partition coefficient (Wildman–Crippen LogP) is -9.03. The van der Waals surface area contributed by atoms with Crippen LogP contribution in [0.5, 0.6) is 0 Å². The minimum atomic E-state index is -5.04. The van der Waals surface area contributed by atoms with Gasteiger partial charge in [-0.05, 0) is 6.92 Å². The van der Waals surface area contributed by atoms with E-state index < -0.39 is 45.1 Å². The Bertz CT molecular complexity index is 529. The maximum atomic E-state index is 11.9. The fourth-order valence-corrected chi connectivity index (χ4v) is 2.10. The molecule has 0 amide bonds. The Balaban J connectivity index is -0.000000598. The van der Waals surface area contributed by atoms with Crippen molar-refractivity contribution in [2.24, 2.45) is 0 Å². The Hall–Kier alpha value is 1.33. The van der Waals surface area contributed by atoms with E-state index in [-0.39, 0.29) is 65.7 Å². The van der Waals surface area contributed by atoms with Gasteiger partial charge in [0.2, 0.25) is 10.4 Å². The Kier molecular flexibility index (Phi) is 16.0. The molecule has 0 radical (unpaired) electrons. The summed E-state index contributed by atoms with van der Waals surface area (Å²) in [6.07, 6.45) is -4.12. The van der Waals surface area contributed by atoms with Crippen LogP contribution in [0.3, 0.4) is 0 Å². The molecule has 1 aliphatic heterocycles. The molecule has 1 heterocycles. The third kappa shape index (κ3) is 10.8. The summed E-state index contributed by atoms with van der Waals surface area (Å²) in [5.74, 6) is -1.60. The molecule has 126 valence electrons. The molecule has 1 fully saturated rings. The number of ether oxygens (including phenoxy) is 3. The van der Waals surface area contributed by atoms with E-state index >= 15 is 0 Å². The molecular formula is C8H14Na2O11S2. The second kappa shape index (κ2) is 12.6. The Morgan fingerprint density at radius 3 is 1.96 bits per heavy atom. The van der Waals surface area contributed by atoms with Gasteiger partial charge in [-0.3, -0.25) is 4.18 Å². The predicted molar refractivity (Wildman–Crippen MR) is 60.2 cm³/mol. The third-order valence-corrected chi connectivity index (χ3v) is 3.09. The SMILES string of the molecule is COC1COC(C)(OC)C(OS(=O)(=O)[O-])C1[O-].O=S(=O)=O.[Na+].[Na+]. The first-order chi connectivity index (χ1) is 9.46. The molecule has 23 heavy (non-hydrogen) atoms. The van der Waals surface area contributed by atoms with Crippen LogP contribution in [0.15, 0.2) is 0 Å². The van der Waals surface area contributed by atoms with E-state index in [1.165, 1.54) is 21.1 Å². The molecule has 11 nitrogen and oxygen atoms in total. The number of methoxy groups -OCH3 is 2. The van der Waals surface area contributed by atoms with E-state index in [0.717, 1.165) is 0 Å². The van der Waals surface area contributed by atoms with Crippen molar-refractivity contribution in [2.75, 3.05) is 20.8 Å². The van der Waals surface area contributed by atoms with Crippen molar-refractivity contribution in [1.29, 1.82) is 0 Å². The Morgan fingerprint density at radius 2 is 1.65 bits per heavy atom. The maximum Gasteiger partial charge on any atom is 1.00 e. The molecule has 0 aromatic rings. The van der Waals surface area contributed by atoms with Gasteiger partial charge in [-0.1, -0.05) is 6.10 Å². The van der Waals surface area contributed by atoms with Gasteiger partial charge in [-0.15, -0.1) is 12.6 Å². The fourth-order valence-electron chi connectivity index (χ4n) is 1.56. The molecule has 4 atom stereocenters. The van der Waals surface area contributed by atoms with Gasteiger partial charge in [0.25, 0.3) is 0 Å². The van der Waals surface area contributed by atoms with Crippen molar-refractivity contribution in [1.82, 2.24) is 0 Å². The molecule has 4 unspecified atom stereocenters. The minimum Gasteiger partial charge on any atom is -0.848 e. The van der Waals surface area contributed by atoms with Crippen LogP contribution in [0.25, 0.3) is 0 Å². The van der Waals surface area contributed by atoms with Gasteiger partial charge in [-0.25, -0.2) is 8.42 Å². The second-order valence-electron chi connectivity index (χ2n) is 3.90. The molecule has 0 aromatic heterocycles. The van der Waals surface area contributed by atoms with Gasteiger partial charge >= 0.3 is 69.7 Å². The zero-order chi connectivity index (χ0) is 16.8. The van der Waals surface area contributed by atoms with E-state index in [1.807, 2.05) is 0 Å². The summed E-state index contributed by atoms with van der Waals surface area (Å²) in [4.78, 5) is 0. The fraction of sp³-hybridized carbons (Fsp3) is 1.00. The molecule has 15 heteroatoms. The van der Waals surface area contributed by atoms with Crippen LogP contribution in [0, 0.1) is 0 Å². The third-order valence-electron chi connectivity index (χ3n) is 2.65. The summed E-state index contributed by atoms with van der Waals surface area (Å²) >= 11 is 0. The van der Waals surface area contributed by atoms with Crippen molar-refractivity contribution in [2.45, 2.75) is 31.0 Å². The zero-order valence-electron chi connectivity index (χ0n) is 13.2.